The molecule has 0 atom stereocenters. The third-order valence-corrected chi connectivity index (χ3v) is 3.55. The van der Waals surface area contributed by atoms with Crippen LogP contribution in [0.2, 0.25) is 0 Å². The summed E-state index contributed by atoms with van der Waals surface area (Å²) in [6.07, 6.45) is 5.44. The Balaban J connectivity index is 1.81. The van der Waals surface area contributed by atoms with Crippen LogP contribution in [0.1, 0.15) is 17.1 Å². The minimum Gasteiger partial charge on any atom is -0.332 e. The Labute approximate surface area is 124 Å². The van der Waals surface area contributed by atoms with E-state index >= 15 is 0 Å². The number of aromatic nitrogens is 4. The first-order valence-electron chi connectivity index (χ1n) is 7.08. The fourth-order valence-corrected chi connectivity index (χ4v) is 2.47. The average molecular weight is 278 g/mol. The zero-order valence-corrected chi connectivity index (χ0v) is 12.3. The molecule has 0 saturated heterocycles. The lowest BCUT2D eigenvalue weighted by Crippen LogP contribution is -2.01. The molecular formula is C17H18N4. The zero-order valence-electron chi connectivity index (χ0n) is 12.3. The van der Waals surface area contributed by atoms with Gasteiger partial charge in [0.2, 0.25) is 0 Å². The van der Waals surface area contributed by atoms with Crippen molar-refractivity contribution in [2.45, 2.75) is 19.8 Å². The first kappa shape index (κ1) is 13.5. The van der Waals surface area contributed by atoms with Crippen molar-refractivity contribution < 1.29 is 0 Å². The normalized spacial score (nSPS) is 10.8. The largest absolute Gasteiger partial charge is 0.332 e. The van der Waals surface area contributed by atoms with Gasteiger partial charge in [-0.2, -0.15) is 0 Å². The molecule has 2 heterocycles. The number of hydrogen-bond acceptors (Lipinski definition) is 3. The van der Waals surface area contributed by atoms with Crippen molar-refractivity contribution in [1.82, 2.24) is 19.5 Å². The van der Waals surface area contributed by atoms with Crippen LogP contribution in [0.3, 0.4) is 0 Å². The maximum Gasteiger partial charge on any atom is 0.129 e. The summed E-state index contributed by atoms with van der Waals surface area (Å²) in [5.74, 6) is 0.872. The summed E-state index contributed by atoms with van der Waals surface area (Å²) >= 11 is 0. The zero-order chi connectivity index (χ0) is 14.7. The van der Waals surface area contributed by atoms with Crippen molar-refractivity contribution in [1.29, 1.82) is 0 Å². The minimum atomic E-state index is 0.842. The van der Waals surface area contributed by atoms with Gasteiger partial charge in [-0.15, -0.1) is 0 Å². The molecule has 0 aliphatic heterocycles. The van der Waals surface area contributed by atoms with Crippen LogP contribution in [0, 0.1) is 6.92 Å². The first-order valence-corrected chi connectivity index (χ1v) is 7.08. The van der Waals surface area contributed by atoms with Gasteiger partial charge in [-0.05, 0) is 25.0 Å². The molecule has 0 N–H and O–H groups in total. The number of rotatable bonds is 4. The Bertz CT molecular complexity index is 712. The highest BCUT2D eigenvalue weighted by Gasteiger charge is 2.10. The van der Waals surface area contributed by atoms with E-state index in [2.05, 4.69) is 39.2 Å². The molecule has 0 aliphatic rings. The first-order chi connectivity index (χ1) is 10.2. The molecule has 1 aromatic carbocycles. The summed E-state index contributed by atoms with van der Waals surface area (Å²) < 4.78 is 2.00. The summed E-state index contributed by atoms with van der Waals surface area (Å²) in [7, 11) is 1.99. The molecule has 4 nitrogen and oxygen atoms in total. The van der Waals surface area contributed by atoms with Crippen LogP contribution in [-0.2, 0) is 19.9 Å². The van der Waals surface area contributed by atoms with E-state index in [4.69, 9.17) is 0 Å². The number of benzene rings is 1. The van der Waals surface area contributed by atoms with Crippen molar-refractivity contribution in [3.05, 3.63) is 66.0 Å². The summed E-state index contributed by atoms with van der Waals surface area (Å²) in [4.78, 5) is 13.4. The minimum absolute atomic E-state index is 0.842. The molecule has 3 aromatic rings. The maximum absolute atomic E-state index is 4.68. The quantitative estimate of drug-likeness (QED) is 0.737. The van der Waals surface area contributed by atoms with Crippen molar-refractivity contribution in [2.24, 2.45) is 7.05 Å². The van der Waals surface area contributed by atoms with Gasteiger partial charge >= 0.3 is 0 Å². The van der Waals surface area contributed by atoms with Gasteiger partial charge < -0.3 is 4.57 Å². The van der Waals surface area contributed by atoms with Gasteiger partial charge in [-0.3, -0.25) is 0 Å². The van der Waals surface area contributed by atoms with E-state index in [-0.39, 0.29) is 0 Å². The second-order valence-electron chi connectivity index (χ2n) is 5.13. The summed E-state index contributed by atoms with van der Waals surface area (Å²) in [6, 6.07) is 12.4. The van der Waals surface area contributed by atoms with Gasteiger partial charge in [-0.1, -0.05) is 30.3 Å². The van der Waals surface area contributed by atoms with E-state index in [1.807, 2.05) is 43.2 Å². The highest BCUT2D eigenvalue weighted by molar-refractivity contribution is 5.57. The van der Waals surface area contributed by atoms with Crippen LogP contribution in [-0.4, -0.2) is 19.5 Å². The Hall–Kier alpha value is -2.49. The molecule has 0 saturated carbocycles. The molecule has 106 valence electrons. The Morgan fingerprint density at radius 1 is 1.00 bits per heavy atom. The lowest BCUT2D eigenvalue weighted by molar-refractivity contribution is 0.851. The van der Waals surface area contributed by atoms with Gasteiger partial charge in [-0.25, -0.2) is 15.0 Å². The number of aryl methyl sites for hydroxylation is 4. The SMILES string of the molecule is Cc1ncn(C)c1-c1ccnc(CCc2ccccc2)n1. The van der Waals surface area contributed by atoms with Gasteiger partial charge in [0.15, 0.2) is 0 Å². The molecule has 0 unspecified atom stereocenters. The number of nitrogens with zero attached hydrogens (tertiary/aromatic N) is 4. The Morgan fingerprint density at radius 2 is 1.81 bits per heavy atom. The molecule has 0 bridgehead atoms. The maximum atomic E-state index is 4.68. The highest BCUT2D eigenvalue weighted by Crippen LogP contribution is 2.19. The molecular weight excluding hydrogens is 260 g/mol. The van der Waals surface area contributed by atoms with Gasteiger partial charge in [0, 0.05) is 19.7 Å². The third-order valence-electron chi connectivity index (χ3n) is 3.55. The Morgan fingerprint density at radius 3 is 2.52 bits per heavy atom. The van der Waals surface area contributed by atoms with Gasteiger partial charge in [0.1, 0.15) is 5.82 Å². The van der Waals surface area contributed by atoms with E-state index in [0.717, 1.165) is 35.7 Å². The highest BCUT2D eigenvalue weighted by atomic mass is 15.0. The molecule has 0 fully saturated rings. The fourth-order valence-electron chi connectivity index (χ4n) is 2.47. The van der Waals surface area contributed by atoms with Crippen molar-refractivity contribution in [3.63, 3.8) is 0 Å². The fraction of sp³-hybridized carbons (Fsp3) is 0.235. The molecule has 0 amide bonds. The van der Waals surface area contributed by atoms with E-state index in [9.17, 15) is 0 Å². The lowest BCUT2D eigenvalue weighted by atomic mass is 10.1. The second kappa shape index (κ2) is 5.87. The Kier molecular flexibility index (Phi) is 3.77. The van der Waals surface area contributed by atoms with E-state index < -0.39 is 0 Å². The third kappa shape index (κ3) is 2.99. The summed E-state index contributed by atoms with van der Waals surface area (Å²) in [5.41, 5.74) is 4.29. The molecule has 0 radical (unpaired) electrons. The van der Waals surface area contributed by atoms with Crippen molar-refractivity contribution in [3.8, 4) is 11.4 Å². The van der Waals surface area contributed by atoms with Crippen LogP contribution >= 0.6 is 0 Å². The van der Waals surface area contributed by atoms with Crippen molar-refractivity contribution >= 4 is 0 Å². The van der Waals surface area contributed by atoms with E-state index in [0.29, 0.717) is 0 Å². The van der Waals surface area contributed by atoms with Gasteiger partial charge in [0.05, 0.1) is 23.4 Å². The smallest absolute Gasteiger partial charge is 0.129 e. The summed E-state index contributed by atoms with van der Waals surface area (Å²) in [5, 5.41) is 0. The van der Waals surface area contributed by atoms with Crippen LogP contribution in [0.5, 0.6) is 0 Å². The van der Waals surface area contributed by atoms with Crippen LogP contribution in [0.4, 0.5) is 0 Å². The molecule has 4 heteroatoms. The molecule has 2 aromatic heterocycles. The van der Waals surface area contributed by atoms with Crippen molar-refractivity contribution in [2.75, 3.05) is 0 Å². The predicted molar refractivity (Wildman–Crippen MR) is 82.8 cm³/mol. The second-order valence-corrected chi connectivity index (χ2v) is 5.13. The van der Waals surface area contributed by atoms with Crippen LogP contribution in [0.25, 0.3) is 11.4 Å². The monoisotopic (exact) mass is 278 g/mol. The molecule has 3 rings (SSSR count). The van der Waals surface area contributed by atoms with Crippen LogP contribution in [0.15, 0.2) is 48.9 Å². The summed E-state index contributed by atoms with van der Waals surface area (Å²) in [6.45, 7) is 2.00. The molecule has 0 spiro atoms. The van der Waals surface area contributed by atoms with E-state index in [1.165, 1.54) is 5.56 Å². The topological polar surface area (TPSA) is 43.6 Å². The standard InChI is InChI=1S/C17H18N4/c1-13-17(21(2)12-19-13)15-10-11-18-16(20-15)9-8-14-6-4-3-5-7-14/h3-7,10-12H,8-9H2,1-2H3. The predicted octanol–water partition coefficient (Wildman–Crippen LogP) is 2.97. The number of imidazole rings is 1. The van der Waals surface area contributed by atoms with Crippen LogP contribution < -0.4 is 0 Å². The van der Waals surface area contributed by atoms with E-state index in [1.54, 1.807) is 0 Å². The molecule has 21 heavy (non-hydrogen) atoms. The average Bonchev–Trinajstić information content (AvgIpc) is 2.85. The lowest BCUT2D eigenvalue weighted by Gasteiger charge is -2.06. The molecule has 0 aliphatic carbocycles. The van der Waals surface area contributed by atoms with Gasteiger partial charge in [0.25, 0.3) is 0 Å². The number of hydrogen-bond donors (Lipinski definition) is 0.